The number of hydrogen-bond acceptors (Lipinski definition) is 3. The van der Waals surface area contributed by atoms with Gasteiger partial charge in [0, 0.05) is 31.6 Å². The summed E-state index contributed by atoms with van der Waals surface area (Å²) in [7, 11) is 0. The van der Waals surface area contributed by atoms with E-state index in [2.05, 4.69) is 35.2 Å². The lowest BCUT2D eigenvalue weighted by Crippen LogP contribution is -2.46. The molecular weight excluding hydrogens is 212 g/mol. The molecular formula is C14H20N2O. The second-order valence-electron chi connectivity index (χ2n) is 5.04. The van der Waals surface area contributed by atoms with Gasteiger partial charge in [0.25, 0.3) is 0 Å². The normalized spacial score (nSPS) is 33.6. The molecule has 3 rings (SSSR count). The summed E-state index contributed by atoms with van der Waals surface area (Å²) in [6.45, 7) is 3.54. The van der Waals surface area contributed by atoms with E-state index < -0.39 is 0 Å². The Hall–Kier alpha value is -0.900. The number of ether oxygens (including phenoxy) is 1. The van der Waals surface area contributed by atoms with Gasteiger partial charge in [-0.1, -0.05) is 30.3 Å². The Labute approximate surface area is 103 Å². The van der Waals surface area contributed by atoms with Crippen LogP contribution in [0.1, 0.15) is 17.9 Å². The first-order chi connectivity index (χ1) is 8.38. The smallest absolute Gasteiger partial charge is 0.0824 e. The molecule has 1 aliphatic carbocycles. The topological polar surface area (TPSA) is 38.5 Å². The summed E-state index contributed by atoms with van der Waals surface area (Å²) in [4.78, 5) is 2.55. The molecule has 1 aliphatic heterocycles. The summed E-state index contributed by atoms with van der Waals surface area (Å²) in [5.74, 6) is 0.729. The molecule has 2 aliphatic rings. The second-order valence-corrected chi connectivity index (χ2v) is 5.04. The summed E-state index contributed by atoms with van der Waals surface area (Å²) in [6, 6.07) is 11.5. The maximum Gasteiger partial charge on any atom is 0.0824 e. The molecule has 92 valence electrons. The minimum Gasteiger partial charge on any atom is -0.374 e. The quantitative estimate of drug-likeness (QED) is 0.851. The van der Waals surface area contributed by atoms with Crippen LogP contribution in [0.25, 0.3) is 0 Å². The minimum absolute atomic E-state index is 0.237. The van der Waals surface area contributed by atoms with E-state index in [4.69, 9.17) is 10.5 Å². The third-order valence-corrected chi connectivity index (χ3v) is 3.89. The molecule has 3 unspecified atom stereocenters. The molecule has 1 saturated heterocycles. The fourth-order valence-corrected chi connectivity index (χ4v) is 2.83. The average molecular weight is 232 g/mol. The van der Waals surface area contributed by atoms with Gasteiger partial charge in [-0.2, -0.15) is 0 Å². The lowest BCUT2D eigenvalue weighted by Gasteiger charge is -2.32. The van der Waals surface area contributed by atoms with Gasteiger partial charge >= 0.3 is 0 Å². The molecule has 0 amide bonds. The Balaban J connectivity index is 1.61. The van der Waals surface area contributed by atoms with Crippen molar-refractivity contribution >= 4 is 0 Å². The zero-order valence-corrected chi connectivity index (χ0v) is 10.1. The number of benzene rings is 1. The molecule has 2 fully saturated rings. The largest absolute Gasteiger partial charge is 0.374 e. The van der Waals surface area contributed by atoms with E-state index in [1.165, 1.54) is 12.0 Å². The van der Waals surface area contributed by atoms with Gasteiger partial charge in [0.15, 0.2) is 0 Å². The Kier molecular flexibility index (Phi) is 3.14. The monoisotopic (exact) mass is 232 g/mol. The number of nitrogens with zero attached hydrogens (tertiary/aromatic N) is 1. The molecule has 0 bridgehead atoms. The van der Waals surface area contributed by atoms with Crippen molar-refractivity contribution in [3.63, 3.8) is 0 Å². The van der Waals surface area contributed by atoms with Crippen molar-refractivity contribution in [3.8, 4) is 0 Å². The maximum atomic E-state index is 5.68. The van der Waals surface area contributed by atoms with E-state index in [-0.39, 0.29) is 6.10 Å². The molecule has 3 atom stereocenters. The summed E-state index contributed by atoms with van der Waals surface area (Å²) in [5.41, 5.74) is 7.16. The van der Waals surface area contributed by atoms with Gasteiger partial charge in [0.1, 0.15) is 0 Å². The summed E-state index contributed by atoms with van der Waals surface area (Å²) < 4.78 is 5.61. The molecule has 0 radical (unpaired) electrons. The average Bonchev–Trinajstić information content (AvgIpc) is 3.20. The zero-order valence-electron chi connectivity index (χ0n) is 10.1. The highest BCUT2D eigenvalue weighted by atomic mass is 16.5. The fourth-order valence-electron chi connectivity index (χ4n) is 2.83. The highest BCUT2D eigenvalue weighted by Gasteiger charge is 2.43. The van der Waals surface area contributed by atoms with Crippen molar-refractivity contribution in [3.05, 3.63) is 35.9 Å². The zero-order chi connectivity index (χ0) is 11.7. The molecule has 1 saturated carbocycles. The van der Waals surface area contributed by atoms with Crippen LogP contribution in [0.4, 0.5) is 0 Å². The SMILES string of the molecule is NCC1CN(C2CC2c2ccccc2)CCO1. The number of morpholine rings is 1. The number of rotatable bonds is 3. The van der Waals surface area contributed by atoms with Crippen molar-refractivity contribution in [2.45, 2.75) is 24.5 Å². The Bertz CT molecular complexity index is 368. The Morgan fingerprint density at radius 1 is 1.29 bits per heavy atom. The molecule has 1 aromatic rings. The van der Waals surface area contributed by atoms with Gasteiger partial charge in [-0.05, 0) is 12.0 Å². The lowest BCUT2D eigenvalue weighted by molar-refractivity contribution is -0.0267. The summed E-state index contributed by atoms with van der Waals surface area (Å²) in [6.07, 6.45) is 1.53. The standard InChI is InChI=1S/C14H20N2O/c15-9-12-10-16(6-7-17-12)14-8-13(14)11-4-2-1-3-5-11/h1-5,12-14H,6-10,15H2. The molecule has 1 aromatic carbocycles. The molecule has 0 spiro atoms. The van der Waals surface area contributed by atoms with Crippen LogP contribution in [0.3, 0.4) is 0 Å². The minimum atomic E-state index is 0.237. The molecule has 17 heavy (non-hydrogen) atoms. The van der Waals surface area contributed by atoms with E-state index in [9.17, 15) is 0 Å². The van der Waals surface area contributed by atoms with E-state index in [0.717, 1.165) is 31.7 Å². The van der Waals surface area contributed by atoms with Crippen LogP contribution in [-0.4, -0.2) is 43.3 Å². The fraction of sp³-hybridized carbons (Fsp3) is 0.571. The van der Waals surface area contributed by atoms with Gasteiger partial charge in [0.2, 0.25) is 0 Å². The van der Waals surface area contributed by atoms with Gasteiger partial charge in [-0.15, -0.1) is 0 Å². The highest BCUT2D eigenvalue weighted by Crippen LogP contribution is 2.44. The predicted octanol–water partition coefficient (Wildman–Crippen LogP) is 1.20. The Morgan fingerprint density at radius 2 is 2.12 bits per heavy atom. The van der Waals surface area contributed by atoms with Crippen LogP contribution in [0, 0.1) is 0 Å². The van der Waals surface area contributed by atoms with Crippen LogP contribution in [0.2, 0.25) is 0 Å². The molecule has 3 nitrogen and oxygen atoms in total. The first-order valence-electron chi connectivity index (χ1n) is 6.49. The van der Waals surface area contributed by atoms with Crippen LogP contribution >= 0.6 is 0 Å². The van der Waals surface area contributed by atoms with E-state index >= 15 is 0 Å². The van der Waals surface area contributed by atoms with Crippen molar-refractivity contribution in [1.29, 1.82) is 0 Å². The van der Waals surface area contributed by atoms with Crippen LogP contribution in [-0.2, 0) is 4.74 Å². The number of nitrogens with two attached hydrogens (primary N) is 1. The van der Waals surface area contributed by atoms with Crippen molar-refractivity contribution < 1.29 is 4.74 Å². The Morgan fingerprint density at radius 3 is 2.88 bits per heavy atom. The van der Waals surface area contributed by atoms with E-state index in [1.54, 1.807) is 0 Å². The summed E-state index contributed by atoms with van der Waals surface area (Å²) >= 11 is 0. The van der Waals surface area contributed by atoms with Gasteiger partial charge in [0.05, 0.1) is 12.7 Å². The van der Waals surface area contributed by atoms with E-state index in [1.807, 2.05) is 0 Å². The van der Waals surface area contributed by atoms with Gasteiger partial charge in [-0.25, -0.2) is 0 Å². The van der Waals surface area contributed by atoms with Gasteiger partial charge in [-0.3, -0.25) is 4.90 Å². The molecule has 0 aromatic heterocycles. The van der Waals surface area contributed by atoms with Crippen LogP contribution in [0.5, 0.6) is 0 Å². The van der Waals surface area contributed by atoms with Crippen molar-refractivity contribution in [2.75, 3.05) is 26.2 Å². The van der Waals surface area contributed by atoms with E-state index in [0.29, 0.717) is 6.54 Å². The third kappa shape index (κ3) is 2.37. The predicted molar refractivity (Wildman–Crippen MR) is 68.0 cm³/mol. The number of hydrogen-bond donors (Lipinski definition) is 1. The van der Waals surface area contributed by atoms with Gasteiger partial charge < -0.3 is 10.5 Å². The van der Waals surface area contributed by atoms with Crippen LogP contribution in [0.15, 0.2) is 30.3 Å². The highest BCUT2D eigenvalue weighted by molar-refractivity contribution is 5.27. The summed E-state index contributed by atoms with van der Waals surface area (Å²) in [5, 5.41) is 0. The maximum absolute atomic E-state index is 5.68. The molecule has 1 heterocycles. The van der Waals surface area contributed by atoms with Crippen molar-refractivity contribution in [2.24, 2.45) is 5.73 Å². The molecule has 2 N–H and O–H groups in total. The first-order valence-corrected chi connectivity index (χ1v) is 6.49. The van der Waals surface area contributed by atoms with Crippen LogP contribution < -0.4 is 5.73 Å². The second kappa shape index (κ2) is 4.77. The molecule has 3 heteroatoms. The lowest BCUT2D eigenvalue weighted by atomic mass is 10.1. The third-order valence-electron chi connectivity index (χ3n) is 3.89. The first kappa shape index (κ1) is 11.2. The van der Waals surface area contributed by atoms with Crippen molar-refractivity contribution in [1.82, 2.24) is 4.90 Å².